The minimum Gasteiger partial charge on any atom is -0.320 e. The molecular weight excluding hydrogens is 326 g/mol. The summed E-state index contributed by atoms with van der Waals surface area (Å²) in [5, 5.41) is 9.12. The van der Waals surface area contributed by atoms with Gasteiger partial charge in [-0.25, -0.2) is 0 Å². The van der Waals surface area contributed by atoms with Crippen LogP contribution in [0.3, 0.4) is 0 Å². The summed E-state index contributed by atoms with van der Waals surface area (Å²) < 4.78 is 3.02. The fourth-order valence-corrected chi connectivity index (χ4v) is 4.08. The maximum atomic E-state index is 6.20. The highest BCUT2D eigenvalue weighted by Gasteiger charge is 2.48. The third-order valence-electron chi connectivity index (χ3n) is 3.95. The third kappa shape index (κ3) is 2.11. The molecule has 100 valence electrons. The molecule has 0 N–H and O–H groups in total. The number of nitrogens with zero attached hydrogens (tertiary/aromatic N) is 3. The highest BCUT2D eigenvalue weighted by molar-refractivity contribution is 9.10. The van der Waals surface area contributed by atoms with Crippen molar-refractivity contribution in [1.82, 2.24) is 14.8 Å². The number of rotatable bonds is 2. The summed E-state index contributed by atoms with van der Waals surface area (Å²) in [5.74, 6) is 1.73. The lowest BCUT2D eigenvalue weighted by Crippen LogP contribution is -2.43. The summed E-state index contributed by atoms with van der Waals surface area (Å²) in [5.41, 5.74) is 1.18. The van der Waals surface area contributed by atoms with E-state index in [2.05, 4.69) is 39.1 Å². The van der Waals surface area contributed by atoms with E-state index in [0.717, 1.165) is 28.2 Å². The van der Waals surface area contributed by atoms with E-state index in [9.17, 15) is 0 Å². The second-order valence-corrected chi connectivity index (χ2v) is 6.87. The summed E-state index contributed by atoms with van der Waals surface area (Å²) in [6.45, 7) is 2.27. The van der Waals surface area contributed by atoms with Crippen LogP contribution in [0.1, 0.15) is 31.2 Å². The van der Waals surface area contributed by atoms with Crippen molar-refractivity contribution in [2.75, 3.05) is 0 Å². The zero-order chi connectivity index (χ0) is 13.6. The largest absolute Gasteiger partial charge is 0.320 e. The summed E-state index contributed by atoms with van der Waals surface area (Å²) in [6, 6.07) is 6.11. The van der Waals surface area contributed by atoms with Crippen molar-refractivity contribution in [1.29, 1.82) is 0 Å². The van der Waals surface area contributed by atoms with E-state index in [4.69, 9.17) is 11.6 Å². The molecule has 3 nitrogen and oxygen atoms in total. The van der Waals surface area contributed by atoms with Crippen LogP contribution >= 0.6 is 27.5 Å². The standard InChI is InChI=1S/C14H15BrClN3/c1-9-6-14(7-9,13-18-17-8-19(13)2)10-3-11(15)5-12(16)4-10/h3-5,8-9H,6-7H2,1-2H3. The minimum atomic E-state index is -0.0436. The van der Waals surface area contributed by atoms with Gasteiger partial charge in [-0.05, 0) is 42.5 Å². The van der Waals surface area contributed by atoms with Gasteiger partial charge in [0.05, 0.1) is 5.41 Å². The lowest BCUT2D eigenvalue weighted by molar-refractivity contribution is 0.185. The molecule has 0 bridgehead atoms. The highest BCUT2D eigenvalue weighted by Crippen LogP contribution is 2.52. The van der Waals surface area contributed by atoms with Gasteiger partial charge in [0, 0.05) is 16.5 Å². The van der Waals surface area contributed by atoms with Crippen LogP contribution < -0.4 is 0 Å². The first-order chi connectivity index (χ1) is 9.01. The Morgan fingerprint density at radius 2 is 2.11 bits per heavy atom. The lowest BCUT2D eigenvalue weighted by Gasteiger charge is -2.46. The van der Waals surface area contributed by atoms with Gasteiger partial charge in [0.15, 0.2) is 0 Å². The topological polar surface area (TPSA) is 30.7 Å². The van der Waals surface area contributed by atoms with Crippen LogP contribution in [0.15, 0.2) is 29.0 Å². The Kier molecular flexibility index (Phi) is 3.18. The number of benzene rings is 1. The van der Waals surface area contributed by atoms with Crippen molar-refractivity contribution < 1.29 is 0 Å². The maximum Gasteiger partial charge on any atom is 0.143 e. The molecule has 1 aromatic carbocycles. The van der Waals surface area contributed by atoms with E-state index in [-0.39, 0.29) is 5.41 Å². The predicted molar refractivity (Wildman–Crippen MR) is 79.3 cm³/mol. The van der Waals surface area contributed by atoms with Gasteiger partial charge in [-0.3, -0.25) is 0 Å². The lowest BCUT2D eigenvalue weighted by atomic mass is 9.58. The predicted octanol–water partition coefficient (Wildman–Crippen LogP) is 3.95. The van der Waals surface area contributed by atoms with E-state index in [0.29, 0.717) is 5.92 Å². The van der Waals surface area contributed by atoms with Crippen molar-refractivity contribution >= 4 is 27.5 Å². The highest BCUT2D eigenvalue weighted by atomic mass is 79.9. The molecule has 0 amide bonds. The van der Waals surface area contributed by atoms with Crippen LogP contribution in [0.4, 0.5) is 0 Å². The summed E-state index contributed by atoms with van der Waals surface area (Å²) in [6.07, 6.45) is 3.94. The molecule has 2 aromatic rings. The molecule has 3 rings (SSSR count). The Morgan fingerprint density at radius 3 is 2.63 bits per heavy atom. The molecule has 0 atom stereocenters. The van der Waals surface area contributed by atoms with Crippen LogP contribution in [-0.4, -0.2) is 14.8 Å². The smallest absolute Gasteiger partial charge is 0.143 e. The van der Waals surface area contributed by atoms with Gasteiger partial charge in [0.25, 0.3) is 0 Å². The molecule has 1 aliphatic rings. The van der Waals surface area contributed by atoms with Crippen molar-refractivity contribution in [3.63, 3.8) is 0 Å². The van der Waals surface area contributed by atoms with Crippen LogP contribution in [0, 0.1) is 5.92 Å². The average molecular weight is 341 g/mol. The van der Waals surface area contributed by atoms with E-state index in [1.54, 1.807) is 6.33 Å². The molecule has 0 aliphatic heterocycles. The molecule has 5 heteroatoms. The molecule has 1 aromatic heterocycles. The van der Waals surface area contributed by atoms with Crippen molar-refractivity contribution in [2.45, 2.75) is 25.2 Å². The van der Waals surface area contributed by atoms with Gasteiger partial charge in [0.2, 0.25) is 0 Å². The molecule has 1 saturated carbocycles. The van der Waals surface area contributed by atoms with E-state index in [1.807, 2.05) is 23.7 Å². The van der Waals surface area contributed by atoms with Gasteiger partial charge < -0.3 is 4.57 Å². The molecule has 0 unspecified atom stereocenters. The Bertz CT molecular complexity index is 597. The second-order valence-electron chi connectivity index (χ2n) is 5.52. The Balaban J connectivity index is 2.14. The molecule has 0 saturated heterocycles. The molecule has 0 radical (unpaired) electrons. The molecule has 19 heavy (non-hydrogen) atoms. The van der Waals surface area contributed by atoms with Crippen LogP contribution in [0.5, 0.6) is 0 Å². The summed E-state index contributed by atoms with van der Waals surface area (Å²) in [4.78, 5) is 0. The van der Waals surface area contributed by atoms with Gasteiger partial charge in [-0.15, -0.1) is 10.2 Å². The molecule has 1 heterocycles. The monoisotopic (exact) mass is 339 g/mol. The number of aryl methyl sites for hydroxylation is 1. The molecule has 0 spiro atoms. The fraction of sp³-hybridized carbons (Fsp3) is 0.429. The van der Waals surface area contributed by atoms with Crippen LogP contribution in [0.2, 0.25) is 5.02 Å². The maximum absolute atomic E-state index is 6.20. The van der Waals surface area contributed by atoms with E-state index >= 15 is 0 Å². The second kappa shape index (κ2) is 4.60. The Morgan fingerprint density at radius 1 is 1.37 bits per heavy atom. The molecular formula is C14H15BrClN3. The number of aromatic nitrogens is 3. The molecule has 1 fully saturated rings. The van der Waals surface area contributed by atoms with Gasteiger partial charge in [0.1, 0.15) is 12.2 Å². The zero-order valence-corrected chi connectivity index (χ0v) is 13.2. The molecule has 1 aliphatic carbocycles. The van der Waals surface area contributed by atoms with Crippen LogP contribution in [0.25, 0.3) is 0 Å². The number of halogens is 2. The van der Waals surface area contributed by atoms with E-state index < -0.39 is 0 Å². The fourth-order valence-electron chi connectivity index (χ4n) is 3.22. The summed E-state index contributed by atoms with van der Waals surface area (Å²) in [7, 11) is 2.00. The quantitative estimate of drug-likeness (QED) is 0.829. The first-order valence-corrected chi connectivity index (χ1v) is 7.49. The van der Waals surface area contributed by atoms with Crippen molar-refractivity contribution in [2.24, 2.45) is 13.0 Å². The number of hydrogen-bond acceptors (Lipinski definition) is 2. The van der Waals surface area contributed by atoms with Gasteiger partial charge >= 0.3 is 0 Å². The summed E-state index contributed by atoms with van der Waals surface area (Å²) >= 11 is 9.73. The average Bonchev–Trinajstić information content (AvgIpc) is 2.70. The van der Waals surface area contributed by atoms with Gasteiger partial charge in [-0.2, -0.15) is 0 Å². The third-order valence-corrected chi connectivity index (χ3v) is 4.62. The Hall–Kier alpha value is -0.870. The SMILES string of the molecule is CC1CC(c2cc(Cl)cc(Br)c2)(c2nncn2C)C1. The van der Waals surface area contributed by atoms with Crippen molar-refractivity contribution in [3.05, 3.63) is 45.4 Å². The first kappa shape index (κ1) is 13.1. The van der Waals surface area contributed by atoms with Crippen LogP contribution in [-0.2, 0) is 12.5 Å². The first-order valence-electron chi connectivity index (χ1n) is 6.32. The van der Waals surface area contributed by atoms with Crippen molar-refractivity contribution in [3.8, 4) is 0 Å². The normalized spacial score (nSPS) is 26.2. The Labute approximate surface area is 126 Å². The zero-order valence-electron chi connectivity index (χ0n) is 10.9. The van der Waals surface area contributed by atoms with E-state index in [1.165, 1.54) is 5.56 Å². The number of hydrogen-bond donors (Lipinski definition) is 0. The minimum absolute atomic E-state index is 0.0436. The van der Waals surface area contributed by atoms with Gasteiger partial charge in [-0.1, -0.05) is 34.5 Å².